The molecule has 1 aromatic rings. The van der Waals surface area contributed by atoms with Crippen molar-refractivity contribution in [2.24, 2.45) is 0 Å². The quantitative estimate of drug-likeness (QED) is 0.770. The molecule has 0 fully saturated rings. The average molecular weight is 253 g/mol. The molecule has 0 amide bonds. The highest BCUT2D eigenvalue weighted by Gasteiger charge is 2.20. The first kappa shape index (κ1) is 11.9. The second-order valence-corrected chi connectivity index (χ2v) is 4.10. The zero-order valence-corrected chi connectivity index (χ0v) is 9.65. The molecule has 17 heavy (non-hydrogen) atoms. The fourth-order valence-electron chi connectivity index (χ4n) is 1.52. The predicted octanol–water partition coefficient (Wildman–Crippen LogP) is 3.47. The van der Waals surface area contributed by atoms with Crippen LogP contribution >= 0.6 is 11.6 Å². The Morgan fingerprint density at radius 2 is 2.24 bits per heavy atom. The molecule has 0 radical (unpaired) electrons. The first-order valence-corrected chi connectivity index (χ1v) is 5.50. The second-order valence-electron chi connectivity index (χ2n) is 3.66. The van der Waals surface area contributed by atoms with Gasteiger partial charge >= 0.3 is 0 Å². The van der Waals surface area contributed by atoms with E-state index < -0.39 is 6.17 Å². The van der Waals surface area contributed by atoms with Crippen LogP contribution in [0.25, 0.3) is 0 Å². The van der Waals surface area contributed by atoms with Crippen LogP contribution in [0.4, 0.5) is 4.39 Å². The van der Waals surface area contributed by atoms with Crippen LogP contribution in [-0.2, 0) is 4.79 Å². The molecule has 2 nitrogen and oxygen atoms in total. The number of hydrogen-bond donors (Lipinski definition) is 0. The van der Waals surface area contributed by atoms with E-state index in [4.69, 9.17) is 16.3 Å². The van der Waals surface area contributed by atoms with Gasteiger partial charge in [0.05, 0.1) is 0 Å². The number of ether oxygens (including phenoxy) is 1. The summed E-state index contributed by atoms with van der Waals surface area (Å²) in [6.07, 6.45) is 2.44. The molecule has 1 unspecified atom stereocenters. The molecule has 0 saturated heterocycles. The summed E-state index contributed by atoms with van der Waals surface area (Å²) in [5, 5.41) is 0.526. The van der Waals surface area contributed by atoms with Gasteiger partial charge in [-0.15, -0.1) is 0 Å². The molecule has 0 aromatic heterocycles. The van der Waals surface area contributed by atoms with Gasteiger partial charge in [0.15, 0.2) is 6.17 Å². The molecule has 0 spiro atoms. The highest BCUT2D eigenvalue weighted by molar-refractivity contribution is 6.30. The minimum Gasteiger partial charge on any atom is -0.459 e. The lowest BCUT2D eigenvalue weighted by molar-refractivity contribution is -0.105. The first-order chi connectivity index (χ1) is 8.19. The van der Waals surface area contributed by atoms with Crippen molar-refractivity contribution >= 4 is 17.9 Å². The lowest BCUT2D eigenvalue weighted by Gasteiger charge is -2.17. The minimum atomic E-state index is -1.29. The lowest BCUT2D eigenvalue weighted by atomic mass is 10.0. The Morgan fingerprint density at radius 3 is 2.88 bits per heavy atom. The maximum absolute atomic E-state index is 13.6. The standard InChI is InChI=1S/C13H10ClFO2/c14-10-2-1-3-11(7-10)17-13-5-4-9(8-16)6-12(13)15/h1-5,7-8,12H,6H2. The Bertz CT molecular complexity index is 494. The number of hydrogen-bond acceptors (Lipinski definition) is 2. The largest absolute Gasteiger partial charge is 0.459 e. The fraction of sp³-hybridized carbons (Fsp3) is 0.154. The highest BCUT2D eigenvalue weighted by Crippen LogP contribution is 2.26. The van der Waals surface area contributed by atoms with Crippen LogP contribution < -0.4 is 4.74 Å². The Balaban J connectivity index is 2.16. The third-order valence-corrected chi connectivity index (χ3v) is 2.60. The number of carbonyl (C=O) groups is 1. The SMILES string of the molecule is O=CC1=CC=C(Oc2cccc(Cl)c2)C(F)C1. The maximum Gasteiger partial charge on any atom is 0.162 e. The number of halogens is 2. The van der Waals surface area contributed by atoms with Gasteiger partial charge in [0.2, 0.25) is 0 Å². The summed E-state index contributed by atoms with van der Waals surface area (Å²) < 4.78 is 19.0. The topological polar surface area (TPSA) is 26.3 Å². The van der Waals surface area contributed by atoms with Gasteiger partial charge in [-0.2, -0.15) is 0 Å². The van der Waals surface area contributed by atoms with Gasteiger partial charge in [-0.1, -0.05) is 23.7 Å². The smallest absolute Gasteiger partial charge is 0.162 e. The van der Waals surface area contributed by atoms with Crippen LogP contribution in [0, 0.1) is 0 Å². The molecule has 0 N–H and O–H groups in total. The van der Waals surface area contributed by atoms with Crippen molar-refractivity contribution in [3.63, 3.8) is 0 Å². The molecule has 4 heteroatoms. The van der Waals surface area contributed by atoms with Crippen LogP contribution in [-0.4, -0.2) is 12.5 Å². The van der Waals surface area contributed by atoms with Crippen LogP contribution in [0.1, 0.15) is 6.42 Å². The van der Waals surface area contributed by atoms with E-state index in [9.17, 15) is 9.18 Å². The van der Waals surface area contributed by atoms with Crippen LogP contribution in [0.3, 0.4) is 0 Å². The van der Waals surface area contributed by atoms with E-state index in [1.54, 1.807) is 30.3 Å². The lowest BCUT2D eigenvalue weighted by Crippen LogP contribution is -2.15. The van der Waals surface area contributed by atoms with Gasteiger partial charge in [-0.3, -0.25) is 4.79 Å². The van der Waals surface area contributed by atoms with Crippen LogP contribution in [0.5, 0.6) is 5.75 Å². The Labute approximate surface area is 103 Å². The molecule has 2 rings (SSSR count). The van der Waals surface area contributed by atoms with Crippen LogP contribution in [0.2, 0.25) is 5.02 Å². The van der Waals surface area contributed by atoms with Gasteiger partial charge in [0, 0.05) is 11.4 Å². The summed E-state index contributed by atoms with van der Waals surface area (Å²) in [6.45, 7) is 0. The van der Waals surface area contributed by atoms with Gasteiger partial charge in [0.1, 0.15) is 17.8 Å². The highest BCUT2D eigenvalue weighted by atomic mass is 35.5. The zero-order chi connectivity index (χ0) is 12.3. The Hall–Kier alpha value is -1.61. The van der Waals surface area contributed by atoms with E-state index in [2.05, 4.69) is 0 Å². The molecule has 0 heterocycles. The van der Waals surface area contributed by atoms with E-state index in [0.717, 1.165) is 0 Å². The third-order valence-electron chi connectivity index (χ3n) is 2.37. The predicted molar refractivity (Wildman–Crippen MR) is 63.8 cm³/mol. The molecule has 88 valence electrons. The van der Waals surface area contributed by atoms with Crippen molar-refractivity contribution in [3.8, 4) is 5.75 Å². The van der Waals surface area contributed by atoms with Gasteiger partial charge in [0.25, 0.3) is 0 Å². The van der Waals surface area contributed by atoms with Crippen molar-refractivity contribution in [1.29, 1.82) is 0 Å². The minimum absolute atomic E-state index is 0.0515. The molecule has 1 aromatic carbocycles. The van der Waals surface area contributed by atoms with Gasteiger partial charge in [-0.05, 0) is 29.8 Å². The summed E-state index contributed by atoms with van der Waals surface area (Å²) in [5.74, 6) is 0.673. The Morgan fingerprint density at radius 1 is 1.41 bits per heavy atom. The molecular formula is C13H10ClFO2. The molecular weight excluding hydrogens is 243 g/mol. The second kappa shape index (κ2) is 5.15. The van der Waals surface area contributed by atoms with E-state index in [0.29, 0.717) is 22.6 Å². The monoisotopic (exact) mass is 252 g/mol. The number of alkyl halides is 1. The van der Waals surface area contributed by atoms with Crippen molar-refractivity contribution in [1.82, 2.24) is 0 Å². The van der Waals surface area contributed by atoms with E-state index in [1.807, 2.05) is 0 Å². The summed E-state index contributed by atoms with van der Waals surface area (Å²) in [4.78, 5) is 10.5. The van der Waals surface area contributed by atoms with E-state index in [1.165, 1.54) is 6.08 Å². The van der Waals surface area contributed by atoms with Gasteiger partial charge in [-0.25, -0.2) is 4.39 Å². The maximum atomic E-state index is 13.6. The van der Waals surface area contributed by atoms with Crippen molar-refractivity contribution in [2.75, 3.05) is 0 Å². The molecule has 1 aliphatic carbocycles. The fourth-order valence-corrected chi connectivity index (χ4v) is 1.70. The van der Waals surface area contributed by atoms with E-state index >= 15 is 0 Å². The molecule has 1 aliphatic rings. The molecule has 0 aliphatic heterocycles. The molecule has 0 bridgehead atoms. The van der Waals surface area contributed by atoms with E-state index in [-0.39, 0.29) is 12.2 Å². The number of rotatable bonds is 3. The average Bonchev–Trinajstić information content (AvgIpc) is 2.32. The number of allylic oxidation sites excluding steroid dienone is 4. The third kappa shape index (κ3) is 2.94. The van der Waals surface area contributed by atoms with Crippen molar-refractivity contribution < 1.29 is 13.9 Å². The normalized spacial score (nSPS) is 19.3. The number of aldehydes is 1. The number of benzene rings is 1. The first-order valence-electron chi connectivity index (χ1n) is 5.12. The van der Waals surface area contributed by atoms with Crippen molar-refractivity contribution in [2.45, 2.75) is 12.6 Å². The molecule has 0 saturated carbocycles. The zero-order valence-electron chi connectivity index (χ0n) is 8.90. The molecule has 1 atom stereocenters. The summed E-state index contributed by atoms with van der Waals surface area (Å²) in [6, 6.07) is 6.73. The summed E-state index contributed by atoms with van der Waals surface area (Å²) in [7, 11) is 0. The number of carbonyl (C=O) groups excluding carboxylic acids is 1. The van der Waals surface area contributed by atoms with Crippen molar-refractivity contribution in [3.05, 3.63) is 52.8 Å². The summed E-state index contributed by atoms with van der Waals surface area (Å²) >= 11 is 5.79. The Kier molecular flexibility index (Phi) is 3.59. The van der Waals surface area contributed by atoms with Gasteiger partial charge < -0.3 is 4.74 Å². The van der Waals surface area contributed by atoms with Crippen LogP contribution in [0.15, 0.2) is 47.7 Å². The summed E-state index contributed by atoms with van der Waals surface area (Å²) in [5.41, 5.74) is 0.427.